The highest BCUT2D eigenvalue weighted by atomic mass is 16.5. The molecule has 0 aliphatic carbocycles. The molecule has 4 heteroatoms. The maximum atomic E-state index is 9.91. The number of nitrogens with zero attached hydrogens (tertiary/aromatic N) is 1. The molecular formula is C14H24N2O2. The minimum absolute atomic E-state index is 0.299. The molecule has 4 nitrogen and oxygen atoms in total. The summed E-state index contributed by atoms with van der Waals surface area (Å²) in [4.78, 5) is 2.17. The van der Waals surface area contributed by atoms with Crippen LogP contribution in [0.1, 0.15) is 19.4 Å². The largest absolute Gasteiger partial charge is 0.491 e. The van der Waals surface area contributed by atoms with Gasteiger partial charge in [-0.1, -0.05) is 32.0 Å². The first-order valence-corrected chi connectivity index (χ1v) is 6.52. The maximum absolute atomic E-state index is 9.91. The molecule has 1 rings (SSSR count). The van der Waals surface area contributed by atoms with Crippen LogP contribution in [0, 0.1) is 0 Å². The van der Waals surface area contributed by atoms with E-state index in [4.69, 9.17) is 10.5 Å². The Morgan fingerprint density at radius 1 is 1.28 bits per heavy atom. The Bertz CT molecular complexity index is 340. The van der Waals surface area contributed by atoms with Crippen LogP contribution in [0.2, 0.25) is 0 Å². The molecule has 0 saturated carbocycles. The predicted octanol–water partition coefficient (Wildman–Crippen LogP) is 1.23. The molecule has 1 unspecified atom stereocenters. The lowest BCUT2D eigenvalue weighted by molar-refractivity contribution is 0.0713. The molecule has 18 heavy (non-hydrogen) atoms. The zero-order valence-electron chi connectivity index (χ0n) is 11.3. The maximum Gasteiger partial charge on any atom is 0.123 e. The van der Waals surface area contributed by atoms with Gasteiger partial charge in [0.2, 0.25) is 0 Å². The molecule has 0 aliphatic heterocycles. The summed E-state index contributed by atoms with van der Waals surface area (Å²) in [5, 5.41) is 9.91. The lowest BCUT2D eigenvalue weighted by atomic mass is 10.2. The molecule has 0 bridgehead atoms. The molecular weight excluding hydrogens is 228 g/mol. The normalized spacial score (nSPS) is 12.7. The Balaban J connectivity index is 2.44. The monoisotopic (exact) mass is 252 g/mol. The number of hydrogen-bond donors (Lipinski definition) is 2. The Morgan fingerprint density at radius 2 is 1.94 bits per heavy atom. The van der Waals surface area contributed by atoms with Gasteiger partial charge in [0.1, 0.15) is 18.5 Å². The van der Waals surface area contributed by atoms with E-state index in [2.05, 4.69) is 18.7 Å². The van der Waals surface area contributed by atoms with Crippen molar-refractivity contribution in [3.63, 3.8) is 0 Å². The number of ether oxygens (including phenoxy) is 1. The van der Waals surface area contributed by atoms with E-state index >= 15 is 0 Å². The minimum atomic E-state index is -0.476. The van der Waals surface area contributed by atoms with Crippen molar-refractivity contribution in [3.8, 4) is 5.75 Å². The molecule has 0 radical (unpaired) electrons. The number of nitrogens with two attached hydrogens (primary N) is 1. The number of rotatable bonds is 8. The second-order valence-electron chi connectivity index (χ2n) is 4.26. The molecule has 0 amide bonds. The van der Waals surface area contributed by atoms with E-state index in [9.17, 15) is 5.11 Å². The summed E-state index contributed by atoms with van der Waals surface area (Å²) in [7, 11) is 0. The second kappa shape index (κ2) is 8.08. The third-order valence-corrected chi connectivity index (χ3v) is 2.99. The highest BCUT2D eigenvalue weighted by Gasteiger charge is 2.10. The van der Waals surface area contributed by atoms with Gasteiger partial charge in [-0.15, -0.1) is 0 Å². The number of aliphatic hydroxyl groups is 1. The zero-order valence-corrected chi connectivity index (χ0v) is 11.3. The predicted molar refractivity (Wildman–Crippen MR) is 73.6 cm³/mol. The van der Waals surface area contributed by atoms with Crippen LogP contribution >= 0.6 is 0 Å². The summed E-state index contributed by atoms with van der Waals surface area (Å²) in [6.45, 7) is 7.43. The summed E-state index contributed by atoms with van der Waals surface area (Å²) in [5.74, 6) is 0.763. The van der Waals surface area contributed by atoms with E-state index < -0.39 is 6.10 Å². The van der Waals surface area contributed by atoms with Crippen molar-refractivity contribution in [3.05, 3.63) is 29.8 Å². The van der Waals surface area contributed by atoms with Gasteiger partial charge in [-0.3, -0.25) is 0 Å². The van der Waals surface area contributed by atoms with Crippen molar-refractivity contribution in [2.24, 2.45) is 5.73 Å². The molecule has 1 atom stereocenters. The fourth-order valence-corrected chi connectivity index (χ4v) is 1.83. The number of hydrogen-bond acceptors (Lipinski definition) is 4. The van der Waals surface area contributed by atoms with E-state index in [1.807, 2.05) is 24.3 Å². The van der Waals surface area contributed by atoms with Crippen LogP contribution in [-0.2, 0) is 6.54 Å². The van der Waals surface area contributed by atoms with E-state index in [-0.39, 0.29) is 0 Å². The van der Waals surface area contributed by atoms with Gasteiger partial charge in [0.05, 0.1) is 0 Å². The van der Waals surface area contributed by atoms with Crippen LogP contribution in [0.3, 0.4) is 0 Å². The average Bonchev–Trinajstić information content (AvgIpc) is 2.42. The van der Waals surface area contributed by atoms with Crippen molar-refractivity contribution in [1.29, 1.82) is 0 Å². The summed E-state index contributed by atoms with van der Waals surface area (Å²) in [5.41, 5.74) is 6.60. The van der Waals surface area contributed by atoms with Gasteiger partial charge in [0, 0.05) is 18.7 Å². The third kappa shape index (κ3) is 4.64. The number of likely N-dealkylation sites (N-methyl/N-ethyl adjacent to an activating group) is 1. The van der Waals surface area contributed by atoms with Crippen LogP contribution in [0.15, 0.2) is 24.3 Å². The molecule has 0 fully saturated rings. The van der Waals surface area contributed by atoms with Gasteiger partial charge < -0.3 is 20.5 Å². The summed E-state index contributed by atoms with van der Waals surface area (Å²) < 4.78 is 5.62. The van der Waals surface area contributed by atoms with Gasteiger partial charge in [-0.2, -0.15) is 0 Å². The van der Waals surface area contributed by atoms with E-state index in [0.717, 1.165) is 24.4 Å². The Morgan fingerprint density at radius 3 is 2.56 bits per heavy atom. The number of aliphatic hydroxyl groups excluding tert-OH is 1. The molecule has 102 valence electrons. The van der Waals surface area contributed by atoms with Crippen molar-refractivity contribution < 1.29 is 9.84 Å². The first-order valence-electron chi connectivity index (χ1n) is 6.52. The standard InChI is InChI=1S/C14H24N2O2/c1-3-16(4-2)10-13(17)11-18-14-8-6-5-7-12(14)9-15/h5-8,13,17H,3-4,9-11,15H2,1-2H3. The molecule has 0 aromatic heterocycles. The fourth-order valence-electron chi connectivity index (χ4n) is 1.83. The topological polar surface area (TPSA) is 58.7 Å². The average molecular weight is 252 g/mol. The van der Waals surface area contributed by atoms with Crippen molar-refractivity contribution in [1.82, 2.24) is 4.90 Å². The lowest BCUT2D eigenvalue weighted by Crippen LogP contribution is -2.35. The van der Waals surface area contributed by atoms with E-state index in [1.54, 1.807) is 0 Å². The molecule has 0 saturated heterocycles. The second-order valence-corrected chi connectivity index (χ2v) is 4.26. The van der Waals surface area contributed by atoms with Crippen molar-refractivity contribution in [2.75, 3.05) is 26.2 Å². The van der Waals surface area contributed by atoms with Gasteiger partial charge in [-0.05, 0) is 19.2 Å². The summed E-state index contributed by atoms with van der Waals surface area (Å²) >= 11 is 0. The Hall–Kier alpha value is -1.10. The Kier molecular flexibility index (Phi) is 6.72. The van der Waals surface area contributed by atoms with Gasteiger partial charge in [0.25, 0.3) is 0 Å². The number of benzene rings is 1. The fraction of sp³-hybridized carbons (Fsp3) is 0.571. The van der Waals surface area contributed by atoms with Crippen LogP contribution in [-0.4, -0.2) is 42.4 Å². The SMILES string of the molecule is CCN(CC)CC(O)COc1ccccc1CN. The zero-order chi connectivity index (χ0) is 13.4. The Labute approximate surface area is 109 Å². The lowest BCUT2D eigenvalue weighted by Gasteiger charge is -2.22. The van der Waals surface area contributed by atoms with Crippen LogP contribution < -0.4 is 10.5 Å². The molecule has 0 heterocycles. The van der Waals surface area contributed by atoms with Gasteiger partial charge >= 0.3 is 0 Å². The first-order chi connectivity index (χ1) is 8.71. The summed E-state index contributed by atoms with van der Waals surface area (Å²) in [6, 6.07) is 7.66. The minimum Gasteiger partial charge on any atom is -0.491 e. The number of para-hydroxylation sites is 1. The molecule has 0 aliphatic rings. The van der Waals surface area contributed by atoms with Crippen molar-refractivity contribution >= 4 is 0 Å². The molecule has 0 spiro atoms. The highest BCUT2D eigenvalue weighted by molar-refractivity contribution is 5.32. The molecule has 1 aromatic carbocycles. The molecule has 3 N–H and O–H groups in total. The van der Waals surface area contributed by atoms with E-state index in [0.29, 0.717) is 19.7 Å². The summed E-state index contributed by atoms with van der Waals surface area (Å²) in [6.07, 6.45) is -0.476. The quantitative estimate of drug-likeness (QED) is 0.730. The van der Waals surface area contributed by atoms with Crippen LogP contribution in [0.25, 0.3) is 0 Å². The van der Waals surface area contributed by atoms with E-state index in [1.165, 1.54) is 0 Å². The molecule has 1 aromatic rings. The van der Waals surface area contributed by atoms with Gasteiger partial charge in [-0.25, -0.2) is 0 Å². The third-order valence-electron chi connectivity index (χ3n) is 2.99. The highest BCUT2D eigenvalue weighted by Crippen LogP contribution is 2.17. The van der Waals surface area contributed by atoms with Crippen molar-refractivity contribution in [2.45, 2.75) is 26.5 Å². The van der Waals surface area contributed by atoms with Crippen LogP contribution in [0.5, 0.6) is 5.75 Å². The van der Waals surface area contributed by atoms with Crippen LogP contribution in [0.4, 0.5) is 0 Å². The van der Waals surface area contributed by atoms with Gasteiger partial charge in [0.15, 0.2) is 0 Å². The smallest absolute Gasteiger partial charge is 0.123 e. The first kappa shape index (κ1) is 15.0.